The quantitative estimate of drug-likeness (QED) is 0.875. The Kier molecular flexibility index (Phi) is 5.59. The maximum absolute atomic E-state index is 12.4. The van der Waals surface area contributed by atoms with Crippen molar-refractivity contribution in [2.24, 2.45) is 0 Å². The van der Waals surface area contributed by atoms with Gasteiger partial charge in [-0.05, 0) is 30.9 Å². The van der Waals surface area contributed by atoms with Gasteiger partial charge in [-0.2, -0.15) is 0 Å². The molecule has 140 valence electrons. The Hall–Kier alpha value is -2.37. The molecule has 1 N–H and O–H groups in total. The lowest BCUT2D eigenvalue weighted by Gasteiger charge is -2.32. The maximum atomic E-state index is 12.4. The number of nitrogens with one attached hydrogen (secondary N) is 1. The van der Waals surface area contributed by atoms with Crippen LogP contribution in [0.4, 0.5) is 5.82 Å². The van der Waals surface area contributed by atoms with Gasteiger partial charge in [-0.15, -0.1) is 0 Å². The number of nitrogens with zero attached hydrogens (tertiary/aromatic N) is 3. The highest BCUT2D eigenvalue weighted by Crippen LogP contribution is 2.22. The summed E-state index contributed by atoms with van der Waals surface area (Å²) in [5.41, 5.74) is 1.07. The van der Waals surface area contributed by atoms with Crippen LogP contribution in [-0.4, -0.2) is 39.9 Å². The molecule has 0 radical (unpaired) electrons. The Labute approximate surface area is 155 Å². The van der Waals surface area contributed by atoms with E-state index >= 15 is 0 Å². The molecule has 1 fully saturated rings. The summed E-state index contributed by atoms with van der Waals surface area (Å²) in [5.74, 6) is 2.81. The molecule has 0 unspecified atom stereocenters. The highest BCUT2D eigenvalue weighted by molar-refractivity contribution is 5.91. The molecule has 0 bridgehead atoms. The van der Waals surface area contributed by atoms with E-state index in [9.17, 15) is 4.79 Å². The van der Waals surface area contributed by atoms with Crippen molar-refractivity contribution in [1.82, 2.24) is 14.9 Å². The molecule has 6 heteroatoms. The lowest BCUT2D eigenvalue weighted by molar-refractivity contribution is 0.0686. The zero-order valence-electron chi connectivity index (χ0n) is 16.0. The SMILES string of the molecule is CC(C)c1cc(NC2CCN(C(=O)c3ccco3)CC2)nc(C(C)C)n1. The number of hydrogen-bond acceptors (Lipinski definition) is 5. The van der Waals surface area contributed by atoms with Gasteiger partial charge in [0.05, 0.1) is 6.26 Å². The molecular formula is C20H28N4O2. The summed E-state index contributed by atoms with van der Waals surface area (Å²) in [6.45, 7) is 9.96. The largest absolute Gasteiger partial charge is 0.459 e. The van der Waals surface area contributed by atoms with Gasteiger partial charge in [0.1, 0.15) is 11.6 Å². The third-order valence-corrected chi connectivity index (χ3v) is 4.74. The summed E-state index contributed by atoms with van der Waals surface area (Å²) in [5, 5.41) is 3.55. The van der Waals surface area contributed by atoms with Crippen LogP contribution in [-0.2, 0) is 0 Å². The van der Waals surface area contributed by atoms with Gasteiger partial charge in [-0.1, -0.05) is 27.7 Å². The van der Waals surface area contributed by atoms with Crippen molar-refractivity contribution >= 4 is 11.7 Å². The molecule has 3 heterocycles. The average Bonchev–Trinajstić information content (AvgIpc) is 3.16. The minimum absolute atomic E-state index is 0.0281. The molecule has 26 heavy (non-hydrogen) atoms. The van der Waals surface area contributed by atoms with E-state index in [4.69, 9.17) is 4.42 Å². The number of anilines is 1. The van der Waals surface area contributed by atoms with E-state index in [-0.39, 0.29) is 5.91 Å². The molecule has 1 aliphatic rings. The van der Waals surface area contributed by atoms with Crippen molar-refractivity contribution in [2.75, 3.05) is 18.4 Å². The van der Waals surface area contributed by atoms with Crippen LogP contribution in [0, 0.1) is 0 Å². The second-order valence-corrected chi connectivity index (χ2v) is 7.53. The second kappa shape index (κ2) is 7.89. The number of aromatic nitrogens is 2. The number of carbonyl (C=O) groups is 1. The van der Waals surface area contributed by atoms with Crippen LogP contribution in [0.1, 0.15) is 74.4 Å². The highest BCUT2D eigenvalue weighted by Gasteiger charge is 2.25. The lowest BCUT2D eigenvalue weighted by Crippen LogP contribution is -2.42. The monoisotopic (exact) mass is 356 g/mol. The smallest absolute Gasteiger partial charge is 0.289 e. The van der Waals surface area contributed by atoms with Gasteiger partial charge < -0.3 is 14.6 Å². The van der Waals surface area contributed by atoms with Crippen molar-refractivity contribution in [1.29, 1.82) is 0 Å². The van der Waals surface area contributed by atoms with Gasteiger partial charge in [0.2, 0.25) is 0 Å². The molecule has 2 aromatic rings. The molecule has 6 nitrogen and oxygen atoms in total. The van der Waals surface area contributed by atoms with Crippen molar-refractivity contribution < 1.29 is 9.21 Å². The number of furan rings is 1. The molecule has 1 saturated heterocycles. The summed E-state index contributed by atoms with van der Waals surface area (Å²) in [6, 6.07) is 5.83. The van der Waals surface area contributed by atoms with E-state index in [1.807, 2.05) is 4.90 Å². The molecule has 3 rings (SSSR count). The first-order valence-electron chi connectivity index (χ1n) is 9.42. The number of hydrogen-bond donors (Lipinski definition) is 1. The minimum atomic E-state index is -0.0281. The molecule has 0 saturated carbocycles. The van der Waals surface area contributed by atoms with Crippen molar-refractivity contribution in [3.63, 3.8) is 0 Å². The fourth-order valence-corrected chi connectivity index (χ4v) is 3.11. The summed E-state index contributed by atoms with van der Waals surface area (Å²) in [7, 11) is 0. The molecule has 0 aromatic carbocycles. The van der Waals surface area contributed by atoms with Crippen molar-refractivity contribution in [3.8, 4) is 0 Å². The van der Waals surface area contributed by atoms with Gasteiger partial charge in [0.25, 0.3) is 5.91 Å². The topological polar surface area (TPSA) is 71.3 Å². The van der Waals surface area contributed by atoms with Crippen molar-refractivity contribution in [2.45, 2.75) is 58.4 Å². The Morgan fingerprint density at radius 2 is 1.92 bits per heavy atom. The first kappa shape index (κ1) is 18.4. The van der Waals surface area contributed by atoms with Gasteiger partial charge in [-0.25, -0.2) is 9.97 Å². The number of likely N-dealkylation sites (tertiary alicyclic amines) is 1. The zero-order valence-corrected chi connectivity index (χ0v) is 16.0. The summed E-state index contributed by atoms with van der Waals surface area (Å²) in [4.78, 5) is 23.6. The molecule has 2 aromatic heterocycles. The second-order valence-electron chi connectivity index (χ2n) is 7.53. The molecular weight excluding hydrogens is 328 g/mol. The normalized spacial score (nSPS) is 15.7. The third-order valence-electron chi connectivity index (χ3n) is 4.74. The van der Waals surface area contributed by atoms with E-state index in [0.29, 0.717) is 23.6 Å². The maximum Gasteiger partial charge on any atom is 0.289 e. The fourth-order valence-electron chi connectivity index (χ4n) is 3.11. The Morgan fingerprint density at radius 1 is 1.19 bits per heavy atom. The predicted molar refractivity (Wildman–Crippen MR) is 101 cm³/mol. The van der Waals surface area contributed by atoms with Crippen LogP contribution in [0.5, 0.6) is 0 Å². The fraction of sp³-hybridized carbons (Fsp3) is 0.550. The van der Waals surface area contributed by atoms with Crippen LogP contribution < -0.4 is 5.32 Å². The van der Waals surface area contributed by atoms with Gasteiger partial charge >= 0.3 is 0 Å². The minimum Gasteiger partial charge on any atom is -0.459 e. The van der Waals surface area contributed by atoms with E-state index in [0.717, 1.165) is 43.3 Å². The zero-order chi connectivity index (χ0) is 18.7. The number of rotatable bonds is 5. The molecule has 0 atom stereocenters. The first-order chi connectivity index (χ1) is 12.4. The molecule has 1 amide bonds. The molecule has 0 aliphatic carbocycles. The van der Waals surface area contributed by atoms with Crippen LogP contribution in [0.25, 0.3) is 0 Å². The van der Waals surface area contributed by atoms with E-state index in [1.54, 1.807) is 12.1 Å². The van der Waals surface area contributed by atoms with Gasteiger partial charge in [0, 0.05) is 36.8 Å². The number of piperidine rings is 1. The van der Waals surface area contributed by atoms with Crippen LogP contribution >= 0.6 is 0 Å². The Balaban J connectivity index is 1.63. The first-order valence-corrected chi connectivity index (χ1v) is 9.42. The van der Waals surface area contributed by atoms with Crippen LogP contribution in [0.3, 0.4) is 0 Å². The Morgan fingerprint density at radius 3 is 2.50 bits per heavy atom. The van der Waals surface area contributed by atoms with Crippen LogP contribution in [0.2, 0.25) is 0 Å². The average molecular weight is 356 g/mol. The predicted octanol–water partition coefficient (Wildman–Crippen LogP) is 4.03. The van der Waals surface area contributed by atoms with Gasteiger partial charge in [0.15, 0.2) is 5.76 Å². The van der Waals surface area contributed by atoms with E-state index < -0.39 is 0 Å². The number of carbonyl (C=O) groups excluding carboxylic acids is 1. The third kappa shape index (κ3) is 4.23. The van der Waals surface area contributed by atoms with Gasteiger partial charge in [-0.3, -0.25) is 4.79 Å². The van der Waals surface area contributed by atoms with E-state index in [1.165, 1.54) is 6.26 Å². The number of amides is 1. The van der Waals surface area contributed by atoms with Crippen molar-refractivity contribution in [3.05, 3.63) is 41.7 Å². The highest BCUT2D eigenvalue weighted by atomic mass is 16.3. The Bertz CT molecular complexity index is 706. The summed E-state index contributed by atoms with van der Waals surface area (Å²) in [6.07, 6.45) is 3.32. The summed E-state index contributed by atoms with van der Waals surface area (Å²) < 4.78 is 5.22. The summed E-state index contributed by atoms with van der Waals surface area (Å²) >= 11 is 0. The standard InChI is InChI=1S/C20H28N4O2/c1-13(2)16-12-18(23-19(22-16)14(3)4)21-15-7-9-24(10-8-15)20(25)17-6-5-11-26-17/h5-6,11-15H,7-10H2,1-4H3,(H,21,22,23). The molecule has 0 spiro atoms. The lowest BCUT2D eigenvalue weighted by atomic mass is 10.0. The van der Waals surface area contributed by atoms with E-state index in [2.05, 4.69) is 49.0 Å². The van der Waals surface area contributed by atoms with Crippen LogP contribution in [0.15, 0.2) is 28.9 Å². The molecule has 1 aliphatic heterocycles.